The van der Waals surface area contributed by atoms with Crippen molar-refractivity contribution in [1.29, 1.82) is 0 Å². The molecule has 0 aromatic carbocycles. The Labute approximate surface area is 230 Å². The van der Waals surface area contributed by atoms with Gasteiger partial charge in [0.1, 0.15) is 0 Å². The Morgan fingerprint density at radius 1 is 0.767 bits per heavy atom. The Bertz CT molecular complexity index is 405. The monoisotopic (exact) mass is 445 g/mol. The summed E-state index contributed by atoms with van der Waals surface area (Å²) in [4.78, 5) is 13.2. The van der Waals surface area contributed by atoms with Crippen molar-refractivity contribution in [3.63, 3.8) is 0 Å². The van der Waals surface area contributed by atoms with Gasteiger partial charge in [-0.1, -0.05) is 77.7 Å². The molecule has 2 unspecified atom stereocenters. The molecule has 0 bridgehead atoms. The fourth-order valence-corrected chi connectivity index (χ4v) is 3.42. The number of hydrogen-bond acceptors (Lipinski definition) is 3. The van der Waals surface area contributed by atoms with Crippen LogP contribution >= 0.6 is 0 Å². The molecule has 0 radical (unpaired) electrons. The minimum Gasteiger partial charge on any atom is -0.549 e. The largest absolute Gasteiger partial charge is 1.00 e. The maximum atomic E-state index is 11.1. The summed E-state index contributed by atoms with van der Waals surface area (Å²) in [5.74, 6) is 0.296. The average molecular weight is 446 g/mol. The summed E-state index contributed by atoms with van der Waals surface area (Å²) in [7, 11) is 0. The Morgan fingerprint density at radius 3 is 1.53 bits per heavy atom. The van der Waals surface area contributed by atoms with Crippen LogP contribution in [0, 0.1) is 11.8 Å². The standard InChI is InChI=1S/C26H49NO2.K/c1-5-7-9-11-13-15-17-24(3)19-21-27(23-26(28)29)22-20-25(4)18-16-14-12-10-8-6-2;/h11-14,24-25H,5-10,15-23H2,1-4H3,(H,28,29);/q;+1/p-1/b13-11+,14-12+;. The van der Waals surface area contributed by atoms with Gasteiger partial charge in [0, 0.05) is 6.54 Å². The molecule has 0 saturated heterocycles. The third-order valence-electron chi connectivity index (χ3n) is 5.66. The molecule has 0 saturated carbocycles. The molecule has 30 heavy (non-hydrogen) atoms. The first-order valence-electron chi connectivity index (χ1n) is 12.2. The van der Waals surface area contributed by atoms with Gasteiger partial charge in [0.05, 0.1) is 5.97 Å². The van der Waals surface area contributed by atoms with Crippen LogP contribution in [0.5, 0.6) is 0 Å². The zero-order valence-electron chi connectivity index (χ0n) is 20.8. The van der Waals surface area contributed by atoms with Crippen LogP contribution in [0.4, 0.5) is 0 Å². The van der Waals surface area contributed by atoms with Gasteiger partial charge < -0.3 is 9.90 Å². The number of aliphatic carboxylic acids is 1. The number of carbonyl (C=O) groups is 1. The molecule has 0 aliphatic carbocycles. The number of carboxylic acid groups (broad SMARTS) is 1. The van der Waals surface area contributed by atoms with Crippen molar-refractivity contribution >= 4 is 5.97 Å². The summed E-state index contributed by atoms with van der Waals surface area (Å²) in [6.07, 6.45) is 23.4. The summed E-state index contributed by atoms with van der Waals surface area (Å²) in [5.41, 5.74) is 0. The van der Waals surface area contributed by atoms with Crippen LogP contribution in [-0.2, 0) is 4.79 Å². The predicted molar refractivity (Wildman–Crippen MR) is 125 cm³/mol. The first-order chi connectivity index (χ1) is 14.0. The van der Waals surface area contributed by atoms with E-state index < -0.39 is 5.97 Å². The second-order valence-electron chi connectivity index (χ2n) is 8.82. The van der Waals surface area contributed by atoms with Gasteiger partial charge in [0.25, 0.3) is 0 Å². The third-order valence-corrected chi connectivity index (χ3v) is 5.66. The summed E-state index contributed by atoms with van der Waals surface area (Å²) >= 11 is 0. The molecule has 4 heteroatoms. The molecule has 0 aromatic heterocycles. The molecule has 0 aromatic rings. The van der Waals surface area contributed by atoms with E-state index in [-0.39, 0.29) is 57.9 Å². The van der Waals surface area contributed by atoms with E-state index in [0.29, 0.717) is 11.8 Å². The molecular formula is C26H48KNO2. The SMILES string of the molecule is CCCC/C=C/CCC(C)CCN(CCC(C)CC/C=C/CCCC)CC(=O)[O-].[K+]. The van der Waals surface area contributed by atoms with Gasteiger partial charge in [0.15, 0.2) is 0 Å². The number of rotatable bonds is 20. The van der Waals surface area contributed by atoms with Crippen molar-refractivity contribution in [2.24, 2.45) is 11.8 Å². The zero-order valence-corrected chi connectivity index (χ0v) is 24.0. The second-order valence-corrected chi connectivity index (χ2v) is 8.82. The van der Waals surface area contributed by atoms with E-state index in [1.165, 1.54) is 51.4 Å². The minimum absolute atomic E-state index is 0. The van der Waals surface area contributed by atoms with E-state index in [4.69, 9.17) is 0 Å². The van der Waals surface area contributed by atoms with Crippen LogP contribution in [0.15, 0.2) is 24.3 Å². The quantitative estimate of drug-likeness (QED) is 0.164. The topological polar surface area (TPSA) is 43.4 Å². The van der Waals surface area contributed by atoms with E-state index in [0.717, 1.165) is 38.8 Å². The van der Waals surface area contributed by atoms with Crippen LogP contribution < -0.4 is 56.5 Å². The van der Waals surface area contributed by atoms with Gasteiger partial charge in [-0.25, -0.2) is 0 Å². The molecular weight excluding hydrogens is 397 g/mol. The van der Waals surface area contributed by atoms with Gasteiger partial charge in [-0.15, -0.1) is 0 Å². The van der Waals surface area contributed by atoms with Crippen LogP contribution in [0.2, 0.25) is 0 Å². The Kier molecular flexibility index (Phi) is 26.4. The number of unbranched alkanes of at least 4 members (excludes halogenated alkanes) is 4. The Balaban J connectivity index is 0. The van der Waals surface area contributed by atoms with Crippen LogP contribution in [0.1, 0.15) is 105 Å². The van der Waals surface area contributed by atoms with Crippen LogP contribution in [0.3, 0.4) is 0 Å². The van der Waals surface area contributed by atoms with E-state index in [1.807, 2.05) is 0 Å². The Hall–Kier alpha value is 0.546. The second kappa shape index (κ2) is 24.2. The van der Waals surface area contributed by atoms with Crippen molar-refractivity contribution in [3.05, 3.63) is 24.3 Å². The fraction of sp³-hybridized carbons (Fsp3) is 0.808. The molecule has 0 rings (SSSR count). The number of hydrogen-bond donors (Lipinski definition) is 0. The predicted octanol–water partition coefficient (Wildman–Crippen LogP) is 3.15. The van der Waals surface area contributed by atoms with Crippen molar-refractivity contribution in [2.75, 3.05) is 19.6 Å². The maximum absolute atomic E-state index is 11.1. The van der Waals surface area contributed by atoms with Crippen LogP contribution in [0.25, 0.3) is 0 Å². The van der Waals surface area contributed by atoms with E-state index >= 15 is 0 Å². The minimum atomic E-state index is -0.956. The molecule has 0 aliphatic rings. The Morgan fingerprint density at radius 2 is 1.17 bits per heavy atom. The molecule has 170 valence electrons. The molecule has 0 N–H and O–H groups in total. The van der Waals surface area contributed by atoms with Crippen molar-refractivity contribution in [1.82, 2.24) is 4.90 Å². The molecule has 0 aliphatic heterocycles. The van der Waals surface area contributed by atoms with Crippen molar-refractivity contribution in [2.45, 2.75) is 105 Å². The van der Waals surface area contributed by atoms with Crippen molar-refractivity contribution in [3.8, 4) is 0 Å². The number of allylic oxidation sites excluding steroid dienone is 4. The van der Waals surface area contributed by atoms with Gasteiger partial charge in [0.2, 0.25) is 0 Å². The maximum Gasteiger partial charge on any atom is 1.00 e. The molecule has 0 heterocycles. The number of carboxylic acids is 1. The van der Waals surface area contributed by atoms with Crippen molar-refractivity contribution < 1.29 is 61.3 Å². The average Bonchev–Trinajstić information content (AvgIpc) is 2.69. The summed E-state index contributed by atoms with van der Waals surface area (Å²) < 4.78 is 0. The fourth-order valence-electron chi connectivity index (χ4n) is 3.42. The summed E-state index contributed by atoms with van der Waals surface area (Å²) in [5, 5.41) is 11.1. The molecule has 0 amide bonds. The van der Waals surface area contributed by atoms with E-state index in [2.05, 4.69) is 56.9 Å². The zero-order chi connectivity index (χ0) is 21.7. The first-order valence-corrected chi connectivity index (χ1v) is 12.2. The molecule has 0 spiro atoms. The smallest absolute Gasteiger partial charge is 0.549 e. The van der Waals surface area contributed by atoms with E-state index in [9.17, 15) is 9.90 Å². The van der Waals surface area contributed by atoms with Gasteiger partial charge >= 0.3 is 51.4 Å². The molecule has 2 atom stereocenters. The number of nitrogens with zero attached hydrogens (tertiary/aromatic N) is 1. The molecule has 0 fully saturated rings. The van der Waals surface area contributed by atoms with Gasteiger partial charge in [-0.2, -0.15) is 0 Å². The molecule has 3 nitrogen and oxygen atoms in total. The third kappa shape index (κ3) is 23.2. The van der Waals surface area contributed by atoms with Crippen LogP contribution in [-0.4, -0.2) is 30.5 Å². The van der Waals surface area contributed by atoms with Gasteiger partial charge in [-0.05, 0) is 76.3 Å². The van der Waals surface area contributed by atoms with Gasteiger partial charge in [-0.3, -0.25) is 4.90 Å². The summed E-state index contributed by atoms with van der Waals surface area (Å²) in [6.45, 7) is 10.8. The number of carbonyl (C=O) groups excluding carboxylic acids is 1. The normalized spacial score (nSPS) is 13.8. The summed E-state index contributed by atoms with van der Waals surface area (Å²) in [6, 6.07) is 0. The van der Waals surface area contributed by atoms with E-state index in [1.54, 1.807) is 0 Å². The first kappa shape index (κ1) is 32.7.